The van der Waals surface area contributed by atoms with Gasteiger partial charge in [0.25, 0.3) is 0 Å². The lowest BCUT2D eigenvalue weighted by molar-refractivity contribution is -0.146. The van der Waals surface area contributed by atoms with Crippen molar-refractivity contribution in [3.05, 3.63) is 0 Å². The lowest BCUT2D eigenvalue weighted by Crippen LogP contribution is -2.54. The summed E-state index contributed by atoms with van der Waals surface area (Å²) in [5.74, 6) is 3.52. The van der Waals surface area contributed by atoms with Crippen LogP contribution in [0.15, 0.2) is 0 Å². The molecule has 4 bridgehead atoms. The van der Waals surface area contributed by atoms with Gasteiger partial charge in [-0.25, -0.2) is 0 Å². The van der Waals surface area contributed by atoms with Gasteiger partial charge in [-0.15, -0.1) is 11.6 Å². The number of amides is 1. The van der Waals surface area contributed by atoms with Crippen LogP contribution in [0.3, 0.4) is 0 Å². The van der Waals surface area contributed by atoms with Crippen molar-refractivity contribution in [2.45, 2.75) is 56.7 Å². The van der Waals surface area contributed by atoms with Gasteiger partial charge in [0, 0.05) is 12.0 Å². The first-order chi connectivity index (χ1) is 9.14. The Morgan fingerprint density at radius 3 is 2.11 bits per heavy atom. The SMILES string of the molecule is O=C(NCC(Cl)C1CC1)C12CC3CC(CC(C3)C1)C2. The molecule has 0 aromatic carbocycles. The van der Waals surface area contributed by atoms with Crippen LogP contribution in [-0.4, -0.2) is 17.8 Å². The number of hydrogen-bond donors (Lipinski definition) is 1. The van der Waals surface area contributed by atoms with Gasteiger partial charge in [0.15, 0.2) is 0 Å². The lowest BCUT2D eigenvalue weighted by atomic mass is 9.49. The number of carbonyl (C=O) groups is 1. The summed E-state index contributed by atoms with van der Waals surface area (Å²) in [6.07, 6.45) is 10.2. The standard InChI is InChI=1S/C16H24ClNO/c17-14(13-1-2-13)9-18-15(19)16-6-10-3-11(7-16)5-12(4-10)8-16/h10-14H,1-9H2,(H,18,19). The summed E-state index contributed by atoms with van der Waals surface area (Å²) in [5, 5.41) is 3.35. The Bertz CT molecular complexity index is 355. The molecule has 0 saturated heterocycles. The lowest BCUT2D eigenvalue weighted by Gasteiger charge is -2.55. The van der Waals surface area contributed by atoms with Gasteiger partial charge >= 0.3 is 0 Å². The van der Waals surface area contributed by atoms with Gasteiger partial charge in [0.1, 0.15) is 0 Å². The normalized spacial score (nSPS) is 45.2. The highest BCUT2D eigenvalue weighted by Gasteiger charge is 2.54. The zero-order valence-electron chi connectivity index (χ0n) is 11.5. The third-order valence-electron chi connectivity index (χ3n) is 6.11. The number of rotatable bonds is 4. The van der Waals surface area contributed by atoms with Gasteiger partial charge in [-0.3, -0.25) is 4.79 Å². The average Bonchev–Trinajstić information content (AvgIpc) is 3.18. The molecule has 2 nitrogen and oxygen atoms in total. The summed E-state index contributed by atoms with van der Waals surface area (Å²) in [7, 11) is 0. The Balaban J connectivity index is 1.41. The summed E-state index contributed by atoms with van der Waals surface area (Å²) < 4.78 is 0. The molecular formula is C16H24ClNO. The van der Waals surface area contributed by atoms with Crippen LogP contribution in [0.1, 0.15) is 51.4 Å². The van der Waals surface area contributed by atoms with Crippen molar-refractivity contribution >= 4 is 17.5 Å². The minimum Gasteiger partial charge on any atom is -0.354 e. The maximum Gasteiger partial charge on any atom is 0.226 e. The largest absolute Gasteiger partial charge is 0.354 e. The van der Waals surface area contributed by atoms with Gasteiger partial charge in [-0.05, 0) is 75.0 Å². The van der Waals surface area contributed by atoms with Crippen molar-refractivity contribution < 1.29 is 4.79 Å². The Kier molecular flexibility index (Phi) is 2.88. The molecule has 5 aliphatic rings. The Morgan fingerprint density at radius 1 is 1.11 bits per heavy atom. The second-order valence-corrected chi connectivity index (χ2v) is 8.32. The molecular weight excluding hydrogens is 258 g/mol. The van der Waals surface area contributed by atoms with E-state index in [1.54, 1.807) is 0 Å². The first-order valence-electron chi connectivity index (χ1n) is 8.07. The molecule has 0 heterocycles. The third kappa shape index (κ3) is 2.20. The van der Waals surface area contributed by atoms with Gasteiger partial charge < -0.3 is 5.32 Å². The molecule has 5 fully saturated rings. The predicted octanol–water partition coefficient (Wildman–Crippen LogP) is 3.34. The monoisotopic (exact) mass is 281 g/mol. The van der Waals surface area contributed by atoms with Crippen LogP contribution in [0.25, 0.3) is 0 Å². The van der Waals surface area contributed by atoms with Crippen LogP contribution in [0.4, 0.5) is 0 Å². The Labute approximate surface area is 120 Å². The van der Waals surface area contributed by atoms with Gasteiger partial charge in [-0.2, -0.15) is 0 Å². The zero-order valence-corrected chi connectivity index (χ0v) is 12.3. The number of hydrogen-bond acceptors (Lipinski definition) is 1. The molecule has 0 spiro atoms. The zero-order chi connectivity index (χ0) is 13.0. The minimum atomic E-state index is -0.00505. The van der Waals surface area contributed by atoms with E-state index in [9.17, 15) is 4.79 Å². The topological polar surface area (TPSA) is 29.1 Å². The van der Waals surface area contributed by atoms with Crippen molar-refractivity contribution in [2.24, 2.45) is 29.1 Å². The third-order valence-corrected chi connectivity index (χ3v) is 6.62. The predicted molar refractivity (Wildman–Crippen MR) is 76.0 cm³/mol. The van der Waals surface area contributed by atoms with Gasteiger partial charge in [0.05, 0.1) is 5.38 Å². The van der Waals surface area contributed by atoms with E-state index in [-0.39, 0.29) is 10.8 Å². The molecule has 5 rings (SSSR count). The first kappa shape index (κ1) is 12.5. The molecule has 106 valence electrons. The van der Waals surface area contributed by atoms with Gasteiger partial charge in [-0.1, -0.05) is 0 Å². The molecule has 5 aliphatic carbocycles. The number of halogens is 1. The number of carbonyl (C=O) groups excluding carboxylic acids is 1. The molecule has 3 heteroatoms. The summed E-state index contributed by atoms with van der Waals surface area (Å²) >= 11 is 6.32. The Hall–Kier alpha value is -0.240. The first-order valence-corrected chi connectivity index (χ1v) is 8.51. The summed E-state index contributed by atoms with van der Waals surface area (Å²) in [5.41, 5.74) is -0.00505. The molecule has 1 atom stereocenters. The fourth-order valence-corrected chi connectivity index (χ4v) is 5.72. The molecule has 0 aromatic rings. The van der Waals surface area contributed by atoms with Crippen molar-refractivity contribution in [1.82, 2.24) is 5.32 Å². The molecule has 0 aliphatic heterocycles. The minimum absolute atomic E-state index is 0.00505. The fourth-order valence-electron chi connectivity index (χ4n) is 5.39. The van der Waals surface area contributed by atoms with E-state index in [0.29, 0.717) is 18.4 Å². The van der Waals surface area contributed by atoms with Crippen LogP contribution in [0, 0.1) is 29.1 Å². The van der Waals surface area contributed by atoms with E-state index in [1.807, 2.05) is 0 Å². The van der Waals surface area contributed by atoms with E-state index < -0.39 is 0 Å². The number of nitrogens with one attached hydrogen (secondary N) is 1. The smallest absolute Gasteiger partial charge is 0.226 e. The maximum absolute atomic E-state index is 12.7. The molecule has 19 heavy (non-hydrogen) atoms. The number of alkyl halides is 1. The fraction of sp³-hybridized carbons (Fsp3) is 0.938. The molecule has 1 unspecified atom stereocenters. The molecule has 0 aromatic heterocycles. The van der Waals surface area contributed by atoms with E-state index in [1.165, 1.54) is 32.1 Å². The highest BCUT2D eigenvalue weighted by atomic mass is 35.5. The van der Waals surface area contributed by atoms with Crippen LogP contribution >= 0.6 is 11.6 Å². The van der Waals surface area contributed by atoms with Crippen LogP contribution in [-0.2, 0) is 4.79 Å². The van der Waals surface area contributed by atoms with Crippen molar-refractivity contribution in [1.29, 1.82) is 0 Å². The van der Waals surface area contributed by atoms with E-state index >= 15 is 0 Å². The summed E-state index contributed by atoms with van der Waals surface area (Å²) in [6.45, 7) is 0.687. The van der Waals surface area contributed by atoms with Crippen LogP contribution in [0.5, 0.6) is 0 Å². The molecule has 1 amide bonds. The Morgan fingerprint density at radius 2 is 1.63 bits per heavy atom. The van der Waals surface area contributed by atoms with Crippen molar-refractivity contribution in [2.75, 3.05) is 6.54 Å². The van der Waals surface area contributed by atoms with Crippen molar-refractivity contribution in [3.63, 3.8) is 0 Å². The average molecular weight is 282 g/mol. The van der Waals surface area contributed by atoms with E-state index in [4.69, 9.17) is 11.6 Å². The van der Waals surface area contributed by atoms with Crippen LogP contribution in [0.2, 0.25) is 0 Å². The second kappa shape index (κ2) is 4.38. The summed E-state index contributed by atoms with van der Waals surface area (Å²) in [6, 6.07) is 0. The molecule has 0 radical (unpaired) electrons. The molecule has 5 saturated carbocycles. The highest BCUT2D eigenvalue weighted by Crippen LogP contribution is 2.60. The molecule has 1 N–H and O–H groups in total. The second-order valence-electron chi connectivity index (χ2n) is 7.76. The van der Waals surface area contributed by atoms with Gasteiger partial charge in [0.2, 0.25) is 5.91 Å². The van der Waals surface area contributed by atoms with Crippen molar-refractivity contribution in [3.8, 4) is 0 Å². The highest BCUT2D eigenvalue weighted by molar-refractivity contribution is 6.21. The van der Waals surface area contributed by atoms with Crippen LogP contribution < -0.4 is 5.32 Å². The maximum atomic E-state index is 12.7. The quantitative estimate of drug-likeness (QED) is 0.787. The van der Waals surface area contributed by atoms with E-state index in [0.717, 1.165) is 37.0 Å². The summed E-state index contributed by atoms with van der Waals surface area (Å²) in [4.78, 5) is 12.7. The van der Waals surface area contributed by atoms with E-state index in [2.05, 4.69) is 5.32 Å².